The molecule has 2 heterocycles. The summed E-state index contributed by atoms with van der Waals surface area (Å²) >= 11 is 0. The van der Waals surface area contributed by atoms with Gasteiger partial charge in [-0.1, -0.05) is 0 Å². The van der Waals surface area contributed by atoms with Crippen LogP contribution < -0.4 is 10.6 Å². The lowest BCUT2D eigenvalue weighted by Gasteiger charge is -2.47. The molecule has 0 radical (unpaired) electrons. The summed E-state index contributed by atoms with van der Waals surface area (Å²) in [6.45, 7) is 15.6. The van der Waals surface area contributed by atoms with Gasteiger partial charge in [0, 0.05) is 61.9 Å². The second-order valence-corrected chi connectivity index (χ2v) is 8.87. The Balaban J connectivity index is 1.52. The minimum Gasteiger partial charge on any atom is -0.314 e. The third-order valence-electron chi connectivity index (χ3n) is 6.84. The Morgan fingerprint density at radius 2 is 1.86 bits per heavy atom. The fraction of sp³-hybridized carbons (Fsp3) is 1.00. The summed E-state index contributed by atoms with van der Waals surface area (Å²) in [5.41, 5.74) is 0.936. The van der Waals surface area contributed by atoms with E-state index >= 15 is 0 Å². The van der Waals surface area contributed by atoms with Crippen molar-refractivity contribution in [1.82, 2.24) is 20.4 Å². The van der Waals surface area contributed by atoms with Crippen LogP contribution in [0.3, 0.4) is 0 Å². The van der Waals surface area contributed by atoms with Crippen LogP contribution in [0.2, 0.25) is 0 Å². The highest BCUT2D eigenvalue weighted by atomic mass is 15.4. The molecule has 0 amide bonds. The first-order valence-corrected chi connectivity index (χ1v) is 9.46. The zero-order valence-electron chi connectivity index (χ0n) is 14.9. The van der Waals surface area contributed by atoms with E-state index in [1.54, 1.807) is 0 Å². The van der Waals surface area contributed by atoms with E-state index in [4.69, 9.17) is 0 Å². The number of nitrogens with zero attached hydrogens (tertiary/aromatic N) is 2. The molecule has 22 heavy (non-hydrogen) atoms. The molecule has 4 aliphatic rings. The molecule has 0 aromatic rings. The smallest absolute Gasteiger partial charge is 0.0385 e. The second kappa shape index (κ2) is 5.17. The monoisotopic (exact) mass is 306 g/mol. The SMILES string of the molecule is CC(C)N1CC2(CC2)NCC1C1CC12CNCCN2C(C)C. The van der Waals surface area contributed by atoms with Crippen LogP contribution in [0.4, 0.5) is 0 Å². The van der Waals surface area contributed by atoms with E-state index in [-0.39, 0.29) is 0 Å². The fourth-order valence-corrected chi connectivity index (χ4v) is 5.34. The van der Waals surface area contributed by atoms with Gasteiger partial charge in [0.05, 0.1) is 0 Å². The minimum absolute atomic E-state index is 0.444. The average Bonchev–Trinajstić information content (AvgIpc) is 3.39. The molecule has 2 aliphatic carbocycles. The van der Waals surface area contributed by atoms with Gasteiger partial charge in [-0.15, -0.1) is 0 Å². The normalized spacial score (nSPS) is 41.7. The van der Waals surface area contributed by atoms with Crippen LogP contribution in [0.1, 0.15) is 47.0 Å². The standard InChI is InChI=1S/C18H34N4/c1-13(2)21-12-17(5-6-17)20-10-16(21)15-9-18(15)11-19-7-8-22(18)14(3)4/h13-16,19-20H,5-12H2,1-4H3. The summed E-state index contributed by atoms with van der Waals surface area (Å²) in [4.78, 5) is 5.63. The number of piperazine rings is 2. The lowest BCUT2D eigenvalue weighted by atomic mass is 9.96. The Bertz CT molecular complexity index is 431. The number of hydrogen-bond acceptors (Lipinski definition) is 4. The Labute approximate surface area is 136 Å². The van der Waals surface area contributed by atoms with E-state index < -0.39 is 0 Å². The maximum Gasteiger partial charge on any atom is 0.0385 e. The van der Waals surface area contributed by atoms with Crippen LogP contribution >= 0.6 is 0 Å². The van der Waals surface area contributed by atoms with Crippen molar-refractivity contribution in [1.29, 1.82) is 0 Å². The summed E-state index contributed by atoms with van der Waals surface area (Å²) in [7, 11) is 0. The van der Waals surface area contributed by atoms with Gasteiger partial charge in [0.15, 0.2) is 0 Å². The van der Waals surface area contributed by atoms with Crippen molar-refractivity contribution in [2.24, 2.45) is 5.92 Å². The zero-order chi connectivity index (χ0) is 15.5. The largest absolute Gasteiger partial charge is 0.314 e. The first kappa shape index (κ1) is 15.4. The molecule has 3 unspecified atom stereocenters. The van der Waals surface area contributed by atoms with Gasteiger partial charge in [-0.3, -0.25) is 9.80 Å². The lowest BCUT2D eigenvalue weighted by molar-refractivity contribution is 0.0381. The van der Waals surface area contributed by atoms with Gasteiger partial charge >= 0.3 is 0 Å². The van der Waals surface area contributed by atoms with Gasteiger partial charge in [0.25, 0.3) is 0 Å². The van der Waals surface area contributed by atoms with E-state index in [0.717, 1.165) is 18.5 Å². The van der Waals surface area contributed by atoms with Gasteiger partial charge in [-0.25, -0.2) is 0 Å². The van der Waals surface area contributed by atoms with Crippen LogP contribution in [-0.2, 0) is 0 Å². The maximum atomic E-state index is 3.91. The predicted molar refractivity (Wildman–Crippen MR) is 91.1 cm³/mol. The summed E-state index contributed by atoms with van der Waals surface area (Å²) in [6.07, 6.45) is 4.16. The molecule has 4 nitrogen and oxygen atoms in total. The molecule has 0 bridgehead atoms. The second-order valence-electron chi connectivity index (χ2n) is 8.87. The molecule has 2 saturated carbocycles. The van der Waals surface area contributed by atoms with Crippen molar-refractivity contribution >= 4 is 0 Å². The molecular formula is C18H34N4. The highest BCUT2D eigenvalue weighted by Gasteiger charge is 2.64. The van der Waals surface area contributed by atoms with Crippen LogP contribution in [0.15, 0.2) is 0 Å². The Morgan fingerprint density at radius 3 is 2.50 bits per heavy atom. The summed E-state index contributed by atoms with van der Waals surface area (Å²) in [6, 6.07) is 2.07. The van der Waals surface area contributed by atoms with E-state index in [1.807, 2.05) is 0 Å². The van der Waals surface area contributed by atoms with E-state index in [2.05, 4.69) is 48.1 Å². The van der Waals surface area contributed by atoms with Gasteiger partial charge in [0.2, 0.25) is 0 Å². The van der Waals surface area contributed by atoms with Gasteiger partial charge in [-0.05, 0) is 52.9 Å². The first-order valence-electron chi connectivity index (χ1n) is 9.46. The number of rotatable bonds is 3. The summed E-state index contributed by atoms with van der Waals surface area (Å²) in [5.74, 6) is 0.841. The molecule has 0 aromatic heterocycles. The molecule has 126 valence electrons. The number of hydrogen-bond donors (Lipinski definition) is 2. The Hall–Kier alpha value is -0.160. The van der Waals surface area contributed by atoms with E-state index in [9.17, 15) is 0 Å². The highest BCUT2D eigenvalue weighted by molar-refractivity contribution is 5.21. The van der Waals surface area contributed by atoms with Crippen molar-refractivity contribution in [2.75, 3.05) is 32.7 Å². The van der Waals surface area contributed by atoms with Crippen LogP contribution in [0, 0.1) is 5.92 Å². The van der Waals surface area contributed by atoms with Crippen molar-refractivity contribution in [3.8, 4) is 0 Å². The molecule has 2 aliphatic heterocycles. The van der Waals surface area contributed by atoms with Crippen LogP contribution in [0.5, 0.6) is 0 Å². The van der Waals surface area contributed by atoms with Crippen LogP contribution in [-0.4, -0.2) is 71.7 Å². The lowest BCUT2D eigenvalue weighted by Crippen LogP contribution is -2.64. The number of nitrogens with one attached hydrogen (secondary N) is 2. The van der Waals surface area contributed by atoms with Crippen molar-refractivity contribution in [3.05, 3.63) is 0 Å². The molecular weight excluding hydrogens is 272 g/mol. The summed E-state index contributed by atoms with van der Waals surface area (Å²) < 4.78 is 0. The first-order chi connectivity index (χ1) is 10.5. The Kier molecular flexibility index (Phi) is 3.61. The molecule has 0 aromatic carbocycles. The molecule has 4 rings (SSSR count). The topological polar surface area (TPSA) is 30.5 Å². The molecule has 4 heteroatoms. The average molecular weight is 306 g/mol. The van der Waals surface area contributed by atoms with Gasteiger partial charge in [0.1, 0.15) is 0 Å². The fourth-order valence-electron chi connectivity index (χ4n) is 5.34. The predicted octanol–water partition coefficient (Wildman–Crippen LogP) is 1.27. The summed E-state index contributed by atoms with van der Waals surface area (Å²) in [5, 5.41) is 7.59. The zero-order valence-corrected chi connectivity index (χ0v) is 14.9. The third-order valence-corrected chi connectivity index (χ3v) is 6.84. The maximum absolute atomic E-state index is 3.91. The quantitative estimate of drug-likeness (QED) is 0.822. The van der Waals surface area contributed by atoms with Crippen molar-refractivity contribution < 1.29 is 0 Å². The Morgan fingerprint density at radius 1 is 1.09 bits per heavy atom. The highest BCUT2D eigenvalue weighted by Crippen LogP contribution is 2.54. The van der Waals surface area contributed by atoms with Gasteiger partial charge in [-0.2, -0.15) is 0 Å². The van der Waals surface area contributed by atoms with E-state index in [0.29, 0.717) is 23.2 Å². The molecule has 2 N–H and O–H groups in total. The minimum atomic E-state index is 0.444. The van der Waals surface area contributed by atoms with E-state index in [1.165, 1.54) is 45.4 Å². The van der Waals surface area contributed by atoms with Crippen molar-refractivity contribution in [3.63, 3.8) is 0 Å². The van der Waals surface area contributed by atoms with Crippen molar-refractivity contribution in [2.45, 2.75) is 76.2 Å². The van der Waals surface area contributed by atoms with Gasteiger partial charge < -0.3 is 10.6 Å². The van der Waals surface area contributed by atoms with Crippen LogP contribution in [0.25, 0.3) is 0 Å². The third kappa shape index (κ3) is 2.34. The molecule has 4 fully saturated rings. The molecule has 2 spiro atoms. The molecule has 3 atom stereocenters. The molecule has 2 saturated heterocycles.